The van der Waals surface area contributed by atoms with Crippen molar-refractivity contribution in [3.05, 3.63) is 0 Å². The summed E-state index contributed by atoms with van der Waals surface area (Å²) in [6.45, 7) is 5.88. The zero-order chi connectivity index (χ0) is 12.0. The van der Waals surface area contributed by atoms with Gasteiger partial charge >= 0.3 is 0 Å². The molecule has 0 bridgehead atoms. The molecular formula is C12H24N2O2. The average molecular weight is 228 g/mol. The summed E-state index contributed by atoms with van der Waals surface area (Å²) in [5.41, 5.74) is 0. The average Bonchev–Trinajstić information content (AvgIpc) is 2.76. The molecule has 1 fully saturated rings. The quantitative estimate of drug-likeness (QED) is 0.660. The van der Waals surface area contributed by atoms with Gasteiger partial charge in [-0.1, -0.05) is 13.3 Å². The molecule has 1 rings (SSSR count). The van der Waals surface area contributed by atoms with E-state index in [1.165, 1.54) is 0 Å². The Morgan fingerprint density at radius 1 is 1.62 bits per heavy atom. The molecule has 1 aliphatic heterocycles. The van der Waals surface area contributed by atoms with E-state index >= 15 is 0 Å². The predicted molar refractivity (Wildman–Crippen MR) is 64.2 cm³/mol. The Morgan fingerprint density at radius 3 is 3.00 bits per heavy atom. The molecule has 16 heavy (non-hydrogen) atoms. The van der Waals surface area contributed by atoms with Crippen LogP contribution in [0.1, 0.15) is 39.5 Å². The number of nitrogens with zero attached hydrogens (tertiary/aromatic N) is 1. The molecule has 0 radical (unpaired) electrons. The lowest BCUT2D eigenvalue weighted by Gasteiger charge is -2.28. The highest BCUT2D eigenvalue weighted by molar-refractivity contribution is 5.81. The molecule has 0 aromatic carbocycles. The van der Waals surface area contributed by atoms with E-state index in [-0.39, 0.29) is 24.6 Å². The smallest absolute Gasteiger partial charge is 0.237 e. The maximum atomic E-state index is 11.8. The third kappa shape index (κ3) is 3.46. The number of likely N-dealkylation sites (tertiary alicyclic amines) is 1. The van der Waals surface area contributed by atoms with Crippen molar-refractivity contribution in [2.45, 2.75) is 51.6 Å². The van der Waals surface area contributed by atoms with E-state index in [1.807, 2.05) is 6.92 Å². The van der Waals surface area contributed by atoms with Gasteiger partial charge in [0, 0.05) is 12.6 Å². The molecule has 94 valence electrons. The molecule has 2 N–H and O–H groups in total. The summed E-state index contributed by atoms with van der Waals surface area (Å²) in [5, 5.41) is 12.2. The van der Waals surface area contributed by atoms with Crippen molar-refractivity contribution in [2.75, 3.05) is 19.7 Å². The van der Waals surface area contributed by atoms with Gasteiger partial charge in [-0.25, -0.2) is 0 Å². The summed E-state index contributed by atoms with van der Waals surface area (Å²) < 4.78 is 0. The molecule has 1 aliphatic rings. The first-order valence-corrected chi connectivity index (χ1v) is 6.35. The summed E-state index contributed by atoms with van der Waals surface area (Å²) in [5.74, 6) is 0.0915. The number of aliphatic hydroxyl groups is 1. The van der Waals surface area contributed by atoms with Crippen molar-refractivity contribution in [1.82, 2.24) is 10.2 Å². The van der Waals surface area contributed by atoms with Gasteiger partial charge in [-0.3, -0.25) is 9.69 Å². The number of amides is 1. The molecule has 0 saturated carbocycles. The van der Waals surface area contributed by atoms with Gasteiger partial charge in [0.2, 0.25) is 5.91 Å². The lowest BCUT2D eigenvalue weighted by molar-refractivity contribution is -0.126. The lowest BCUT2D eigenvalue weighted by Crippen LogP contribution is -2.48. The van der Waals surface area contributed by atoms with Crippen LogP contribution in [0, 0.1) is 0 Å². The predicted octanol–water partition coefficient (Wildman–Crippen LogP) is 0.748. The molecule has 1 saturated heterocycles. The number of unbranched alkanes of at least 4 members (excludes halogenated alkanes) is 1. The van der Waals surface area contributed by atoms with Crippen molar-refractivity contribution < 1.29 is 9.90 Å². The topological polar surface area (TPSA) is 52.6 Å². The molecule has 0 spiro atoms. The number of carbonyl (C=O) groups excluding carboxylic acids is 1. The van der Waals surface area contributed by atoms with Gasteiger partial charge in [0.05, 0.1) is 12.6 Å². The Morgan fingerprint density at radius 2 is 2.38 bits per heavy atom. The van der Waals surface area contributed by atoms with Crippen molar-refractivity contribution >= 4 is 5.91 Å². The Kier molecular flexibility index (Phi) is 5.77. The molecule has 1 unspecified atom stereocenters. The summed E-state index contributed by atoms with van der Waals surface area (Å²) in [4.78, 5) is 13.9. The van der Waals surface area contributed by atoms with E-state index in [0.29, 0.717) is 0 Å². The highest BCUT2D eigenvalue weighted by Gasteiger charge is 2.31. The molecule has 0 aromatic heterocycles. The van der Waals surface area contributed by atoms with E-state index in [1.54, 1.807) is 0 Å². The maximum absolute atomic E-state index is 11.8. The Labute approximate surface area is 98.0 Å². The third-order valence-electron chi connectivity index (χ3n) is 3.34. The maximum Gasteiger partial charge on any atom is 0.237 e. The SMILES string of the molecule is CCCCNC(=O)C(C)N1CCC[C@@H]1CO. The van der Waals surface area contributed by atoms with E-state index in [4.69, 9.17) is 0 Å². The van der Waals surface area contributed by atoms with Gasteiger partial charge in [0.25, 0.3) is 0 Å². The lowest BCUT2D eigenvalue weighted by atomic mass is 10.2. The number of aliphatic hydroxyl groups excluding tert-OH is 1. The standard InChI is InChI=1S/C12H24N2O2/c1-3-4-7-13-12(16)10(2)14-8-5-6-11(14)9-15/h10-11,15H,3-9H2,1-2H3,(H,13,16)/t10?,11-/m1/s1. The molecule has 1 amide bonds. The Hall–Kier alpha value is -0.610. The van der Waals surface area contributed by atoms with Gasteiger partial charge in [-0.15, -0.1) is 0 Å². The van der Waals surface area contributed by atoms with Crippen molar-refractivity contribution in [1.29, 1.82) is 0 Å². The van der Waals surface area contributed by atoms with Crippen LogP contribution in [0.4, 0.5) is 0 Å². The molecule has 4 nitrogen and oxygen atoms in total. The normalized spacial score (nSPS) is 23.3. The molecular weight excluding hydrogens is 204 g/mol. The van der Waals surface area contributed by atoms with Crippen LogP contribution in [0.3, 0.4) is 0 Å². The Balaban J connectivity index is 2.37. The number of hydrogen-bond acceptors (Lipinski definition) is 3. The van der Waals surface area contributed by atoms with Crippen LogP contribution in [0.2, 0.25) is 0 Å². The van der Waals surface area contributed by atoms with Gasteiger partial charge < -0.3 is 10.4 Å². The van der Waals surface area contributed by atoms with Gasteiger partial charge in [-0.2, -0.15) is 0 Å². The van der Waals surface area contributed by atoms with Crippen LogP contribution < -0.4 is 5.32 Å². The summed E-state index contributed by atoms with van der Waals surface area (Å²) in [7, 11) is 0. The zero-order valence-corrected chi connectivity index (χ0v) is 10.4. The minimum atomic E-state index is -0.114. The molecule has 0 aromatic rings. The van der Waals surface area contributed by atoms with Crippen LogP contribution in [-0.2, 0) is 4.79 Å². The fourth-order valence-electron chi connectivity index (χ4n) is 2.25. The van der Waals surface area contributed by atoms with E-state index in [0.717, 1.165) is 38.8 Å². The summed E-state index contributed by atoms with van der Waals surface area (Å²) >= 11 is 0. The second-order valence-corrected chi connectivity index (χ2v) is 4.54. The van der Waals surface area contributed by atoms with Crippen LogP contribution in [0.15, 0.2) is 0 Å². The van der Waals surface area contributed by atoms with Crippen molar-refractivity contribution in [3.8, 4) is 0 Å². The number of nitrogens with one attached hydrogen (secondary N) is 1. The fraction of sp³-hybridized carbons (Fsp3) is 0.917. The number of carbonyl (C=O) groups is 1. The van der Waals surface area contributed by atoms with Crippen LogP contribution >= 0.6 is 0 Å². The van der Waals surface area contributed by atoms with E-state index in [2.05, 4.69) is 17.1 Å². The van der Waals surface area contributed by atoms with Crippen LogP contribution in [0.5, 0.6) is 0 Å². The summed E-state index contributed by atoms with van der Waals surface area (Å²) in [6, 6.07) is 0.0587. The monoisotopic (exact) mass is 228 g/mol. The first kappa shape index (κ1) is 13.5. The second-order valence-electron chi connectivity index (χ2n) is 4.54. The largest absolute Gasteiger partial charge is 0.395 e. The first-order chi connectivity index (χ1) is 7.70. The van der Waals surface area contributed by atoms with E-state index < -0.39 is 0 Å². The molecule has 0 aliphatic carbocycles. The summed E-state index contributed by atoms with van der Waals surface area (Å²) in [6.07, 6.45) is 4.21. The van der Waals surface area contributed by atoms with Crippen LogP contribution in [0.25, 0.3) is 0 Å². The second kappa shape index (κ2) is 6.86. The minimum absolute atomic E-state index is 0.0915. The van der Waals surface area contributed by atoms with Crippen molar-refractivity contribution in [3.63, 3.8) is 0 Å². The van der Waals surface area contributed by atoms with E-state index in [9.17, 15) is 9.90 Å². The van der Waals surface area contributed by atoms with Gasteiger partial charge in [-0.05, 0) is 32.7 Å². The molecule has 2 atom stereocenters. The van der Waals surface area contributed by atoms with Gasteiger partial charge in [0.1, 0.15) is 0 Å². The number of rotatable bonds is 6. The van der Waals surface area contributed by atoms with Crippen LogP contribution in [-0.4, -0.2) is 47.7 Å². The highest BCUT2D eigenvalue weighted by atomic mass is 16.3. The number of hydrogen-bond donors (Lipinski definition) is 2. The minimum Gasteiger partial charge on any atom is -0.395 e. The molecule has 1 heterocycles. The highest BCUT2D eigenvalue weighted by Crippen LogP contribution is 2.19. The third-order valence-corrected chi connectivity index (χ3v) is 3.34. The molecule has 4 heteroatoms. The van der Waals surface area contributed by atoms with Crippen molar-refractivity contribution in [2.24, 2.45) is 0 Å². The van der Waals surface area contributed by atoms with Gasteiger partial charge in [0.15, 0.2) is 0 Å². The zero-order valence-electron chi connectivity index (χ0n) is 10.4. The first-order valence-electron chi connectivity index (χ1n) is 6.35. The fourth-order valence-corrected chi connectivity index (χ4v) is 2.25. The Bertz CT molecular complexity index is 221.